The number of hydrogen-bond acceptors (Lipinski definition) is 1. The second-order valence-corrected chi connectivity index (χ2v) is 5.64. The van der Waals surface area contributed by atoms with Gasteiger partial charge in [0.25, 0.3) is 0 Å². The van der Waals surface area contributed by atoms with E-state index in [1.54, 1.807) is 0 Å². The van der Waals surface area contributed by atoms with Gasteiger partial charge in [0.2, 0.25) is 0 Å². The van der Waals surface area contributed by atoms with Gasteiger partial charge in [0.1, 0.15) is 0 Å². The van der Waals surface area contributed by atoms with Crippen LogP contribution in [0.1, 0.15) is 36.8 Å². The van der Waals surface area contributed by atoms with Gasteiger partial charge in [0.15, 0.2) is 5.96 Å². The van der Waals surface area contributed by atoms with E-state index < -0.39 is 0 Å². The lowest BCUT2D eigenvalue weighted by Crippen LogP contribution is -2.41. The summed E-state index contributed by atoms with van der Waals surface area (Å²) in [5, 5.41) is 6.82. The molecule has 0 radical (unpaired) electrons. The minimum absolute atomic E-state index is 0.654. The fourth-order valence-electron chi connectivity index (χ4n) is 2.63. The normalized spacial score (nSPS) is 21.5. The van der Waals surface area contributed by atoms with Crippen LogP contribution in [0.2, 0.25) is 0 Å². The highest BCUT2D eigenvalue weighted by Crippen LogP contribution is 2.34. The molecule has 0 spiro atoms. The Morgan fingerprint density at radius 2 is 2.11 bits per heavy atom. The predicted octanol–water partition coefficient (Wildman–Crippen LogP) is 2.29. The average Bonchev–Trinajstić information content (AvgIpc) is 3.21. The largest absolute Gasteiger partial charge is 0.357 e. The van der Waals surface area contributed by atoms with Crippen molar-refractivity contribution in [2.45, 2.75) is 32.1 Å². The maximum atomic E-state index is 4.66. The minimum atomic E-state index is 0.654. The molecule has 3 nitrogen and oxygen atoms in total. The topological polar surface area (TPSA) is 36.4 Å². The molecule has 1 atom stereocenters. The van der Waals surface area contributed by atoms with Crippen LogP contribution in [-0.4, -0.2) is 25.6 Å². The van der Waals surface area contributed by atoms with Crippen molar-refractivity contribution in [2.75, 3.05) is 19.6 Å². The van der Waals surface area contributed by atoms with Gasteiger partial charge in [-0.2, -0.15) is 0 Å². The highest BCUT2D eigenvalue weighted by Gasteiger charge is 2.25. The molecule has 1 saturated carbocycles. The number of benzene rings is 1. The number of nitrogens with zero attached hydrogens (tertiary/aromatic N) is 1. The van der Waals surface area contributed by atoms with Crippen LogP contribution < -0.4 is 10.6 Å². The van der Waals surface area contributed by atoms with Crippen LogP contribution in [0.3, 0.4) is 0 Å². The van der Waals surface area contributed by atoms with Gasteiger partial charge in [0, 0.05) is 25.6 Å². The van der Waals surface area contributed by atoms with Gasteiger partial charge in [-0.25, -0.2) is 0 Å². The first kappa shape index (κ1) is 12.5. The van der Waals surface area contributed by atoms with Crippen LogP contribution in [0.25, 0.3) is 0 Å². The van der Waals surface area contributed by atoms with Crippen molar-refractivity contribution >= 4 is 5.96 Å². The summed E-state index contributed by atoms with van der Waals surface area (Å²) in [6, 6.07) is 8.75. The van der Waals surface area contributed by atoms with Crippen molar-refractivity contribution in [3.8, 4) is 0 Å². The van der Waals surface area contributed by atoms with Gasteiger partial charge in [-0.1, -0.05) is 24.3 Å². The number of guanidine groups is 1. The molecule has 3 rings (SSSR count). The van der Waals surface area contributed by atoms with Crippen molar-refractivity contribution in [2.24, 2.45) is 10.9 Å². The van der Waals surface area contributed by atoms with E-state index in [1.807, 2.05) is 0 Å². The molecule has 1 aromatic rings. The summed E-state index contributed by atoms with van der Waals surface area (Å²) in [5.74, 6) is 2.49. The number of fused-ring (bicyclic) bond motifs is 1. The summed E-state index contributed by atoms with van der Waals surface area (Å²) in [6.07, 6.45) is 3.92. The number of aliphatic imine (C=N–C) groups is 1. The van der Waals surface area contributed by atoms with Crippen LogP contribution in [-0.2, 0) is 6.42 Å². The zero-order valence-electron chi connectivity index (χ0n) is 11.7. The van der Waals surface area contributed by atoms with Crippen LogP contribution >= 0.6 is 0 Å². The van der Waals surface area contributed by atoms with E-state index >= 15 is 0 Å². The summed E-state index contributed by atoms with van der Waals surface area (Å²) in [5.41, 5.74) is 3.02. The Morgan fingerprint density at radius 1 is 1.26 bits per heavy atom. The maximum absolute atomic E-state index is 4.66. The van der Waals surface area contributed by atoms with Crippen molar-refractivity contribution in [3.63, 3.8) is 0 Å². The Morgan fingerprint density at radius 3 is 2.84 bits per heavy atom. The van der Waals surface area contributed by atoms with Crippen LogP contribution in [0.4, 0.5) is 0 Å². The third-order valence-corrected chi connectivity index (χ3v) is 4.03. The fraction of sp³-hybridized carbons (Fsp3) is 0.562. The Labute approximate surface area is 115 Å². The lowest BCUT2D eigenvalue weighted by atomic mass is 9.78. The first-order valence-corrected chi connectivity index (χ1v) is 7.46. The molecule has 0 aromatic heterocycles. The molecule has 1 aromatic carbocycles. The molecule has 0 amide bonds. The van der Waals surface area contributed by atoms with E-state index in [0.29, 0.717) is 5.92 Å². The first-order valence-electron chi connectivity index (χ1n) is 7.46. The molecule has 0 saturated heterocycles. The van der Waals surface area contributed by atoms with E-state index in [1.165, 1.54) is 30.4 Å². The molecular weight excluding hydrogens is 234 g/mol. The highest BCUT2D eigenvalue weighted by atomic mass is 15.2. The molecule has 3 heteroatoms. The average molecular weight is 257 g/mol. The Kier molecular flexibility index (Phi) is 3.72. The summed E-state index contributed by atoms with van der Waals surface area (Å²) >= 11 is 0. The second kappa shape index (κ2) is 5.64. The third-order valence-electron chi connectivity index (χ3n) is 4.03. The fourth-order valence-corrected chi connectivity index (χ4v) is 2.63. The SMILES string of the molecule is CCNC(=NCC1CC1)NCC1Cc2ccccc21. The van der Waals surface area contributed by atoms with E-state index in [2.05, 4.69) is 46.8 Å². The van der Waals surface area contributed by atoms with Gasteiger partial charge in [-0.05, 0) is 43.2 Å². The Bertz CT molecular complexity index is 463. The Balaban J connectivity index is 1.51. The molecule has 102 valence electrons. The maximum Gasteiger partial charge on any atom is 0.191 e. The molecule has 2 aliphatic rings. The smallest absolute Gasteiger partial charge is 0.191 e. The van der Waals surface area contributed by atoms with Crippen molar-refractivity contribution < 1.29 is 0 Å². The quantitative estimate of drug-likeness (QED) is 0.627. The zero-order chi connectivity index (χ0) is 13.1. The van der Waals surface area contributed by atoms with Gasteiger partial charge < -0.3 is 10.6 Å². The lowest BCUT2D eigenvalue weighted by molar-refractivity contribution is 0.583. The number of hydrogen-bond donors (Lipinski definition) is 2. The Hall–Kier alpha value is -1.51. The van der Waals surface area contributed by atoms with Crippen molar-refractivity contribution in [1.29, 1.82) is 0 Å². The lowest BCUT2D eigenvalue weighted by Gasteiger charge is -2.30. The summed E-state index contributed by atoms with van der Waals surface area (Å²) in [7, 11) is 0. The predicted molar refractivity (Wildman–Crippen MR) is 79.6 cm³/mol. The molecule has 1 fully saturated rings. The van der Waals surface area contributed by atoms with Crippen molar-refractivity contribution in [3.05, 3.63) is 35.4 Å². The second-order valence-electron chi connectivity index (χ2n) is 5.64. The monoisotopic (exact) mass is 257 g/mol. The van der Waals surface area contributed by atoms with Crippen LogP contribution in [0.5, 0.6) is 0 Å². The van der Waals surface area contributed by atoms with Crippen LogP contribution in [0.15, 0.2) is 29.3 Å². The zero-order valence-corrected chi connectivity index (χ0v) is 11.7. The first-order chi connectivity index (χ1) is 9.36. The summed E-state index contributed by atoms with van der Waals surface area (Å²) < 4.78 is 0. The van der Waals surface area contributed by atoms with Gasteiger partial charge in [0.05, 0.1) is 0 Å². The molecule has 19 heavy (non-hydrogen) atoms. The van der Waals surface area contributed by atoms with E-state index in [0.717, 1.165) is 31.5 Å². The molecular formula is C16H23N3. The van der Waals surface area contributed by atoms with E-state index in [4.69, 9.17) is 0 Å². The van der Waals surface area contributed by atoms with E-state index in [9.17, 15) is 0 Å². The van der Waals surface area contributed by atoms with Gasteiger partial charge >= 0.3 is 0 Å². The summed E-state index contributed by atoms with van der Waals surface area (Å²) in [4.78, 5) is 4.66. The minimum Gasteiger partial charge on any atom is -0.357 e. The molecule has 0 bridgehead atoms. The number of nitrogens with one attached hydrogen (secondary N) is 2. The molecule has 0 aliphatic heterocycles. The van der Waals surface area contributed by atoms with Crippen LogP contribution in [0, 0.1) is 5.92 Å². The number of rotatable bonds is 5. The van der Waals surface area contributed by atoms with Gasteiger partial charge in [-0.15, -0.1) is 0 Å². The summed E-state index contributed by atoms with van der Waals surface area (Å²) in [6.45, 7) is 5.02. The molecule has 2 aliphatic carbocycles. The standard InChI is InChI=1S/C16H23N3/c1-2-17-16(18-10-12-7-8-12)19-11-14-9-13-5-3-4-6-15(13)14/h3-6,12,14H,2,7-11H2,1H3,(H2,17,18,19). The van der Waals surface area contributed by atoms with Crippen molar-refractivity contribution in [1.82, 2.24) is 10.6 Å². The molecule has 1 unspecified atom stereocenters. The van der Waals surface area contributed by atoms with Gasteiger partial charge in [-0.3, -0.25) is 4.99 Å². The third kappa shape index (κ3) is 3.09. The van der Waals surface area contributed by atoms with E-state index in [-0.39, 0.29) is 0 Å². The highest BCUT2D eigenvalue weighted by molar-refractivity contribution is 5.79. The molecule has 0 heterocycles. The molecule has 2 N–H and O–H groups in total.